The van der Waals surface area contributed by atoms with Gasteiger partial charge in [0.05, 0.1) is 0 Å². The van der Waals surface area contributed by atoms with Gasteiger partial charge in [-0.2, -0.15) is 5.10 Å². The van der Waals surface area contributed by atoms with Gasteiger partial charge in [0, 0.05) is 26.1 Å². The van der Waals surface area contributed by atoms with Crippen LogP contribution >= 0.6 is 0 Å². The standard InChI is InChI=1S/C12H19N5O3/c1-15-8-14-17(12(15)20)7-11(19)16-5-3-2-4-9(16)6-10(13)18/h8-9H,2-7H2,1H3,(H2,13,18). The highest BCUT2D eigenvalue weighted by atomic mass is 16.2. The smallest absolute Gasteiger partial charge is 0.345 e. The molecule has 0 bridgehead atoms. The van der Waals surface area contributed by atoms with Crippen molar-refractivity contribution in [3.63, 3.8) is 0 Å². The third-order valence-corrected chi connectivity index (χ3v) is 3.56. The first kappa shape index (κ1) is 14.3. The van der Waals surface area contributed by atoms with Crippen molar-refractivity contribution in [1.82, 2.24) is 19.2 Å². The number of hydrogen-bond donors (Lipinski definition) is 1. The van der Waals surface area contributed by atoms with Gasteiger partial charge in [-0.3, -0.25) is 14.2 Å². The Balaban J connectivity index is 2.08. The van der Waals surface area contributed by atoms with E-state index >= 15 is 0 Å². The predicted octanol–water partition coefficient (Wildman–Crippen LogP) is -1.16. The summed E-state index contributed by atoms with van der Waals surface area (Å²) in [7, 11) is 1.58. The van der Waals surface area contributed by atoms with E-state index in [1.165, 1.54) is 10.9 Å². The lowest BCUT2D eigenvalue weighted by atomic mass is 9.99. The molecule has 1 aromatic heterocycles. The van der Waals surface area contributed by atoms with Crippen LogP contribution in [0.3, 0.4) is 0 Å². The second-order valence-corrected chi connectivity index (χ2v) is 5.09. The molecule has 2 amide bonds. The summed E-state index contributed by atoms with van der Waals surface area (Å²) in [5.41, 5.74) is 4.89. The molecule has 1 saturated heterocycles. The highest BCUT2D eigenvalue weighted by Gasteiger charge is 2.28. The molecule has 0 aliphatic carbocycles. The number of aromatic nitrogens is 3. The van der Waals surface area contributed by atoms with Gasteiger partial charge >= 0.3 is 5.69 Å². The van der Waals surface area contributed by atoms with E-state index in [-0.39, 0.29) is 30.6 Å². The van der Waals surface area contributed by atoms with E-state index in [9.17, 15) is 14.4 Å². The number of nitrogens with two attached hydrogens (primary N) is 1. The summed E-state index contributed by atoms with van der Waals surface area (Å²) in [6, 6.07) is -0.159. The maximum absolute atomic E-state index is 12.3. The molecule has 0 saturated carbocycles. The Bertz CT molecular complexity index is 562. The minimum atomic E-state index is -0.412. The summed E-state index contributed by atoms with van der Waals surface area (Å²) in [5.74, 6) is -0.610. The van der Waals surface area contributed by atoms with Crippen molar-refractivity contribution in [3.05, 3.63) is 16.8 Å². The van der Waals surface area contributed by atoms with Crippen LogP contribution in [0.25, 0.3) is 0 Å². The molecule has 2 N–H and O–H groups in total. The molecule has 1 fully saturated rings. The summed E-state index contributed by atoms with van der Waals surface area (Å²) in [6.45, 7) is 0.493. The second-order valence-electron chi connectivity index (χ2n) is 5.09. The summed E-state index contributed by atoms with van der Waals surface area (Å²) in [4.78, 5) is 36.7. The maximum Gasteiger partial charge on any atom is 0.345 e. The molecule has 1 unspecified atom stereocenters. The molecule has 0 radical (unpaired) electrons. The Morgan fingerprint density at radius 3 is 2.80 bits per heavy atom. The van der Waals surface area contributed by atoms with Crippen molar-refractivity contribution in [2.75, 3.05) is 6.54 Å². The zero-order valence-electron chi connectivity index (χ0n) is 11.5. The lowest BCUT2D eigenvalue weighted by Gasteiger charge is -2.35. The van der Waals surface area contributed by atoms with Crippen LogP contribution in [0.2, 0.25) is 0 Å². The molecule has 2 heterocycles. The first-order chi connectivity index (χ1) is 9.49. The van der Waals surface area contributed by atoms with Crippen molar-refractivity contribution in [3.8, 4) is 0 Å². The first-order valence-electron chi connectivity index (χ1n) is 6.65. The van der Waals surface area contributed by atoms with Gasteiger partial charge in [0.1, 0.15) is 12.9 Å². The van der Waals surface area contributed by atoms with E-state index in [4.69, 9.17) is 5.73 Å². The van der Waals surface area contributed by atoms with Crippen LogP contribution in [0.5, 0.6) is 0 Å². The van der Waals surface area contributed by atoms with E-state index in [2.05, 4.69) is 5.10 Å². The molecule has 1 aliphatic rings. The number of primary amides is 1. The monoisotopic (exact) mass is 281 g/mol. The number of likely N-dealkylation sites (tertiary alicyclic amines) is 1. The van der Waals surface area contributed by atoms with Crippen LogP contribution in [-0.2, 0) is 23.2 Å². The molecule has 8 nitrogen and oxygen atoms in total. The van der Waals surface area contributed by atoms with Crippen molar-refractivity contribution >= 4 is 11.8 Å². The van der Waals surface area contributed by atoms with Gasteiger partial charge in [0.2, 0.25) is 11.8 Å². The van der Waals surface area contributed by atoms with Gasteiger partial charge in [-0.05, 0) is 19.3 Å². The summed E-state index contributed by atoms with van der Waals surface area (Å²) in [5, 5.41) is 3.86. The molecular formula is C12H19N5O3. The average molecular weight is 281 g/mol. The Kier molecular flexibility index (Phi) is 4.21. The number of carbonyl (C=O) groups is 2. The molecule has 8 heteroatoms. The molecule has 1 aliphatic heterocycles. The lowest BCUT2D eigenvalue weighted by Crippen LogP contribution is -2.47. The van der Waals surface area contributed by atoms with Crippen molar-refractivity contribution in [1.29, 1.82) is 0 Å². The third-order valence-electron chi connectivity index (χ3n) is 3.56. The number of rotatable bonds is 4. The van der Waals surface area contributed by atoms with E-state index < -0.39 is 5.91 Å². The largest absolute Gasteiger partial charge is 0.370 e. The van der Waals surface area contributed by atoms with E-state index in [1.54, 1.807) is 11.9 Å². The van der Waals surface area contributed by atoms with E-state index in [1.807, 2.05) is 0 Å². The maximum atomic E-state index is 12.3. The summed E-state index contributed by atoms with van der Waals surface area (Å²) >= 11 is 0. The van der Waals surface area contributed by atoms with Gasteiger partial charge in [0.15, 0.2) is 0 Å². The van der Waals surface area contributed by atoms with Crippen molar-refractivity contribution in [2.45, 2.75) is 38.3 Å². The summed E-state index contributed by atoms with van der Waals surface area (Å²) < 4.78 is 2.43. The van der Waals surface area contributed by atoms with Crippen LogP contribution in [0.15, 0.2) is 11.1 Å². The van der Waals surface area contributed by atoms with Crippen LogP contribution in [0.4, 0.5) is 0 Å². The van der Waals surface area contributed by atoms with Gasteiger partial charge in [-0.1, -0.05) is 0 Å². The van der Waals surface area contributed by atoms with E-state index in [0.717, 1.165) is 23.9 Å². The number of aryl methyl sites for hydroxylation is 1. The zero-order valence-corrected chi connectivity index (χ0v) is 11.5. The molecule has 0 aromatic carbocycles. The molecule has 20 heavy (non-hydrogen) atoms. The Hall–Kier alpha value is -2.12. The number of nitrogens with zero attached hydrogens (tertiary/aromatic N) is 4. The number of carbonyl (C=O) groups excluding carboxylic acids is 2. The highest BCUT2D eigenvalue weighted by molar-refractivity contribution is 5.79. The van der Waals surface area contributed by atoms with Gasteiger partial charge in [-0.15, -0.1) is 0 Å². The predicted molar refractivity (Wildman–Crippen MR) is 70.6 cm³/mol. The van der Waals surface area contributed by atoms with Gasteiger partial charge in [0.25, 0.3) is 0 Å². The Morgan fingerprint density at radius 1 is 1.45 bits per heavy atom. The second kappa shape index (κ2) is 5.89. The van der Waals surface area contributed by atoms with Crippen molar-refractivity contribution < 1.29 is 9.59 Å². The quantitative estimate of drug-likeness (QED) is 0.751. The van der Waals surface area contributed by atoms with Crippen LogP contribution in [-0.4, -0.2) is 43.6 Å². The average Bonchev–Trinajstić information content (AvgIpc) is 2.70. The zero-order chi connectivity index (χ0) is 14.7. The fourth-order valence-electron chi connectivity index (χ4n) is 2.52. The minimum Gasteiger partial charge on any atom is -0.370 e. The normalized spacial score (nSPS) is 19.1. The lowest BCUT2D eigenvalue weighted by molar-refractivity contribution is -0.136. The van der Waals surface area contributed by atoms with Gasteiger partial charge < -0.3 is 10.6 Å². The van der Waals surface area contributed by atoms with Crippen LogP contribution in [0, 0.1) is 0 Å². The molecule has 110 valence electrons. The molecule has 1 aromatic rings. The highest BCUT2D eigenvalue weighted by Crippen LogP contribution is 2.19. The van der Waals surface area contributed by atoms with Gasteiger partial charge in [-0.25, -0.2) is 9.48 Å². The number of hydrogen-bond acceptors (Lipinski definition) is 4. The molecule has 1 atom stereocenters. The van der Waals surface area contributed by atoms with Crippen LogP contribution < -0.4 is 11.4 Å². The number of piperidine rings is 1. The molecular weight excluding hydrogens is 262 g/mol. The number of amides is 2. The SMILES string of the molecule is Cn1cnn(CC(=O)N2CCCCC2CC(N)=O)c1=O. The molecule has 0 spiro atoms. The topological polar surface area (TPSA) is 103 Å². The Labute approximate surface area is 116 Å². The Morgan fingerprint density at radius 2 is 2.20 bits per heavy atom. The van der Waals surface area contributed by atoms with E-state index in [0.29, 0.717) is 6.54 Å². The molecule has 2 rings (SSSR count). The fourth-order valence-corrected chi connectivity index (χ4v) is 2.52. The van der Waals surface area contributed by atoms with Crippen molar-refractivity contribution in [2.24, 2.45) is 12.8 Å². The minimum absolute atomic E-state index is 0.102. The first-order valence-corrected chi connectivity index (χ1v) is 6.65. The van der Waals surface area contributed by atoms with Crippen LogP contribution in [0.1, 0.15) is 25.7 Å². The third kappa shape index (κ3) is 3.06. The summed E-state index contributed by atoms with van der Waals surface area (Å²) in [6.07, 6.45) is 4.19. The fraction of sp³-hybridized carbons (Fsp3) is 0.667.